The maximum atomic E-state index is 12.9. The van der Waals surface area contributed by atoms with Crippen molar-refractivity contribution in [2.24, 2.45) is 0 Å². The zero-order valence-corrected chi connectivity index (χ0v) is 16.1. The van der Waals surface area contributed by atoms with Gasteiger partial charge in [-0.05, 0) is 36.3 Å². The van der Waals surface area contributed by atoms with Gasteiger partial charge in [-0.1, -0.05) is 12.1 Å². The average molecular weight is 379 g/mol. The second-order valence-electron chi connectivity index (χ2n) is 7.08. The van der Waals surface area contributed by atoms with Gasteiger partial charge in [0.1, 0.15) is 6.61 Å². The average Bonchev–Trinajstić information content (AvgIpc) is 2.77. The predicted octanol–water partition coefficient (Wildman–Crippen LogP) is 2.25. The summed E-state index contributed by atoms with van der Waals surface area (Å²) in [6.45, 7) is 4.58. The second kappa shape index (κ2) is 8.44. The van der Waals surface area contributed by atoms with Crippen molar-refractivity contribution in [3.8, 4) is 11.5 Å². The zero-order chi connectivity index (χ0) is 19.3. The number of pyridine rings is 1. The van der Waals surface area contributed by atoms with Crippen molar-refractivity contribution in [2.75, 3.05) is 46.4 Å². The molecule has 146 valence electrons. The first kappa shape index (κ1) is 18.5. The van der Waals surface area contributed by atoms with Crippen molar-refractivity contribution in [1.82, 2.24) is 14.8 Å². The Kier molecular flexibility index (Phi) is 5.58. The van der Waals surface area contributed by atoms with Crippen molar-refractivity contribution in [3.05, 3.63) is 59.4 Å². The van der Waals surface area contributed by atoms with E-state index in [2.05, 4.69) is 22.0 Å². The first-order chi connectivity index (χ1) is 13.7. The van der Waals surface area contributed by atoms with Gasteiger partial charge in [-0.25, -0.2) is 0 Å². The summed E-state index contributed by atoms with van der Waals surface area (Å²) in [5, 5.41) is 0. The molecule has 1 fully saturated rings. The number of ether oxygens (including phenoxy) is 2. The first-order valence-corrected chi connectivity index (χ1v) is 9.65. The van der Waals surface area contributed by atoms with E-state index in [-0.39, 0.29) is 12.5 Å². The van der Waals surface area contributed by atoms with E-state index in [0.717, 1.165) is 44.7 Å². The topological polar surface area (TPSA) is 54.9 Å². The standard InChI is InChI=1S/C22H25N3O3/c1-27-20-4-2-3-18-15-19(16-28-21(18)20)22(26)25-13-11-24(12-14-25)10-7-17-5-8-23-9-6-17/h2-6,8-9,15H,7,10-14,16H2,1H3. The van der Waals surface area contributed by atoms with Crippen LogP contribution in [0.4, 0.5) is 0 Å². The molecular formula is C22H25N3O3. The number of aromatic nitrogens is 1. The number of methoxy groups -OCH3 is 1. The van der Waals surface area contributed by atoms with Gasteiger partial charge in [-0.2, -0.15) is 0 Å². The monoisotopic (exact) mass is 379 g/mol. The summed E-state index contributed by atoms with van der Waals surface area (Å²) in [6.07, 6.45) is 6.60. The van der Waals surface area contributed by atoms with E-state index >= 15 is 0 Å². The summed E-state index contributed by atoms with van der Waals surface area (Å²) in [7, 11) is 1.62. The lowest BCUT2D eigenvalue weighted by Gasteiger charge is -2.35. The number of benzene rings is 1. The van der Waals surface area contributed by atoms with Crippen LogP contribution in [0.2, 0.25) is 0 Å². The molecule has 0 N–H and O–H groups in total. The van der Waals surface area contributed by atoms with Crippen LogP contribution in [0, 0.1) is 0 Å². The lowest BCUT2D eigenvalue weighted by atomic mass is 10.1. The Morgan fingerprint density at radius 1 is 1.14 bits per heavy atom. The Labute approximate surface area is 165 Å². The molecule has 2 aliphatic rings. The van der Waals surface area contributed by atoms with Crippen LogP contribution < -0.4 is 9.47 Å². The minimum Gasteiger partial charge on any atom is -0.493 e. The Balaban J connectivity index is 1.33. The highest BCUT2D eigenvalue weighted by molar-refractivity contribution is 5.99. The number of carbonyl (C=O) groups excluding carboxylic acids is 1. The molecule has 1 saturated heterocycles. The summed E-state index contributed by atoms with van der Waals surface area (Å²) < 4.78 is 11.2. The third-order valence-corrected chi connectivity index (χ3v) is 5.33. The zero-order valence-electron chi connectivity index (χ0n) is 16.1. The van der Waals surface area contributed by atoms with E-state index in [9.17, 15) is 4.79 Å². The van der Waals surface area contributed by atoms with Gasteiger partial charge in [0.2, 0.25) is 0 Å². The van der Waals surface area contributed by atoms with E-state index in [1.54, 1.807) is 7.11 Å². The van der Waals surface area contributed by atoms with Gasteiger partial charge in [0, 0.05) is 50.7 Å². The van der Waals surface area contributed by atoms with Gasteiger partial charge in [0.25, 0.3) is 5.91 Å². The molecule has 6 nitrogen and oxygen atoms in total. The minimum absolute atomic E-state index is 0.0715. The third kappa shape index (κ3) is 4.02. The van der Waals surface area contributed by atoms with Crippen molar-refractivity contribution in [2.45, 2.75) is 6.42 Å². The number of hydrogen-bond acceptors (Lipinski definition) is 5. The molecule has 3 heterocycles. The molecule has 6 heteroatoms. The fourth-order valence-electron chi connectivity index (χ4n) is 3.68. The van der Waals surface area contributed by atoms with Crippen LogP contribution in [0.15, 0.2) is 48.3 Å². The third-order valence-electron chi connectivity index (χ3n) is 5.33. The normalized spacial score (nSPS) is 16.8. The van der Waals surface area contributed by atoms with Crippen LogP contribution in [-0.2, 0) is 11.2 Å². The van der Waals surface area contributed by atoms with Crippen molar-refractivity contribution in [1.29, 1.82) is 0 Å². The number of piperazine rings is 1. The molecule has 0 unspecified atom stereocenters. The Morgan fingerprint density at radius 3 is 2.68 bits per heavy atom. The highest BCUT2D eigenvalue weighted by Crippen LogP contribution is 2.35. The summed E-state index contributed by atoms with van der Waals surface area (Å²) in [6, 6.07) is 9.84. The van der Waals surface area contributed by atoms with Gasteiger partial charge >= 0.3 is 0 Å². The highest BCUT2D eigenvalue weighted by atomic mass is 16.5. The molecule has 0 bridgehead atoms. The molecule has 0 radical (unpaired) electrons. The van der Waals surface area contributed by atoms with Crippen LogP contribution in [0.3, 0.4) is 0 Å². The van der Waals surface area contributed by atoms with Gasteiger partial charge in [-0.15, -0.1) is 0 Å². The molecule has 1 aromatic carbocycles. The highest BCUT2D eigenvalue weighted by Gasteiger charge is 2.26. The Morgan fingerprint density at radius 2 is 1.93 bits per heavy atom. The lowest BCUT2D eigenvalue weighted by Crippen LogP contribution is -2.49. The van der Waals surface area contributed by atoms with E-state index in [1.807, 2.05) is 41.6 Å². The molecule has 2 aromatic rings. The van der Waals surface area contributed by atoms with E-state index in [1.165, 1.54) is 5.56 Å². The molecule has 1 aromatic heterocycles. The maximum Gasteiger partial charge on any atom is 0.253 e. The summed E-state index contributed by atoms with van der Waals surface area (Å²) >= 11 is 0. The summed E-state index contributed by atoms with van der Waals surface area (Å²) in [5.41, 5.74) is 2.89. The van der Waals surface area contributed by atoms with Gasteiger partial charge in [0.05, 0.1) is 12.7 Å². The number of fused-ring (bicyclic) bond motifs is 1. The van der Waals surface area contributed by atoms with Crippen LogP contribution in [-0.4, -0.2) is 67.1 Å². The number of nitrogens with zero attached hydrogens (tertiary/aromatic N) is 3. The molecule has 0 aliphatic carbocycles. The largest absolute Gasteiger partial charge is 0.493 e. The van der Waals surface area contributed by atoms with Gasteiger partial charge < -0.3 is 14.4 Å². The second-order valence-corrected chi connectivity index (χ2v) is 7.08. The number of rotatable bonds is 5. The van der Waals surface area contributed by atoms with Crippen molar-refractivity contribution >= 4 is 12.0 Å². The summed E-state index contributed by atoms with van der Waals surface area (Å²) in [4.78, 5) is 21.3. The number of amides is 1. The van der Waals surface area contributed by atoms with E-state index in [4.69, 9.17) is 9.47 Å². The molecule has 1 amide bonds. The van der Waals surface area contributed by atoms with Crippen LogP contribution in [0.25, 0.3) is 6.08 Å². The van der Waals surface area contributed by atoms with Gasteiger partial charge in [0.15, 0.2) is 11.5 Å². The van der Waals surface area contributed by atoms with Crippen LogP contribution in [0.5, 0.6) is 11.5 Å². The quantitative estimate of drug-likeness (QED) is 0.798. The van der Waals surface area contributed by atoms with E-state index in [0.29, 0.717) is 17.1 Å². The molecular weight excluding hydrogens is 354 g/mol. The number of hydrogen-bond donors (Lipinski definition) is 0. The Hall–Kier alpha value is -2.86. The van der Waals surface area contributed by atoms with E-state index < -0.39 is 0 Å². The fourth-order valence-corrected chi connectivity index (χ4v) is 3.68. The molecule has 0 atom stereocenters. The minimum atomic E-state index is 0.0715. The van der Waals surface area contributed by atoms with Crippen molar-refractivity contribution in [3.63, 3.8) is 0 Å². The SMILES string of the molecule is COc1cccc2c1OCC(C(=O)N1CCN(CCc3ccncc3)CC1)=C2. The van der Waals surface area contributed by atoms with Crippen LogP contribution >= 0.6 is 0 Å². The summed E-state index contributed by atoms with van der Waals surface area (Å²) in [5.74, 6) is 1.48. The molecule has 28 heavy (non-hydrogen) atoms. The first-order valence-electron chi connectivity index (χ1n) is 9.65. The van der Waals surface area contributed by atoms with Crippen LogP contribution in [0.1, 0.15) is 11.1 Å². The molecule has 4 rings (SSSR count). The van der Waals surface area contributed by atoms with Gasteiger partial charge in [-0.3, -0.25) is 14.7 Å². The molecule has 0 saturated carbocycles. The molecule has 0 spiro atoms. The van der Waals surface area contributed by atoms with Crippen molar-refractivity contribution < 1.29 is 14.3 Å². The number of carbonyl (C=O) groups is 1. The smallest absolute Gasteiger partial charge is 0.253 e. The maximum absolute atomic E-state index is 12.9. The number of para-hydroxylation sites is 1. The lowest BCUT2D eigenvalue weighted by molar-refractivity contribution is -0.129. The fraction of sp³-hybridized carbons (Fsp3) is 0.364. The molecule has 2 aliphatic heterocycles. The Bertz CT molecular complexity index is 859. The predicted molar refractivity (Wildman–Crippen MR) is 107 cm³/mol.